The number of ether oxygens (including phenoxy) is 1. The molecule has 1 amide bonds. The fourth-order valence-electron chi connectivity index (χ4n) is 2.34. The van der Waals surface area contributed by atoms with Crippen LogP contribution in [0.15, 0.2) is 54.6 Å². The molecule has 0 aliphatic carbocycles. The molecule has 130 valence electrons. The lowest BCUT2D eigenvalue weighted by molar-refractivity contribution is -0.147. The van der Waals surface area contributed by atoms with Crippen LogP contribution in [-0.2, 0) is 14.3 Å². The van der Waals surface area contributed by atoms with Crippen LogP contribution in [0.25, 0.3) is 0 Å². The summed E-state index contributed by atoms with van der Waals surface area (Å²) in [5.41, 5.74) is 2.16. The maximum absolute atomic E-state index is 11.9. The molecule has 0 aliphatic heterocycles. The second-order valence-electron chi connectivity index (χ2n) is 5.86. The quantitative estimate of drug-likeness (QED) is 0.618. The molecule has 2 aromatic rings. The zero-order valence-electron chi connectivity index (χ0n) is 14.3. The number of amides is 1. The zero-order chi connectivity index (χ0) is 18.2. The number of benzene rings is 2. The Morgan fingerprint density at radius 3 is 2.24 bits per heavy atom. The number of hydrogen-bond donors (Lipinski definition) is 1. The van der Waals surface area contributed by atoms with Gasteiger partial charge in [0.1, 0.15) is 0 Å². The lowest BCUT2D eigenvalue weighted by Crippen LogP contribution is -2.21. The van der Waals surface area contributed by atoms with Crippen molar-refractivity contribution in [2.75, 3.05) is 11.9 Å². The molecular weight excluding hydrogens is 318 g/mol. The lowest BCUT2D eigenvalue weighted by Gasteiger charge is -2.11. The molecule has 0 heterocycles. The van der Waals surface area contributed by atoms with Gasteiger partial charge in [-0.25, -0.2) is 0 Å². The monoisotopic (exact) mass is 339 g/mol. The number of Topliss-reactive ketones (excluding diaryl/α,β-unsaturated/α-hetero) is 1. The lowest BCUT2D eigenvalue weighted by atomic mass is 9.98. The summed E-state index contributed by atoms with van der Waals surface area (Å²) in [6.07, 6.45) is 0.213. The first-order valence-electron chi connectivity index (χ1n) is 8.07. The molecule has 1 atom stereocenters. The van der Waals surface area contributed by atoms with E-state index in [0.29, 0.717) is 11.3 Å². The average molecular weight is 339 g/mol. The molecule has 0 unspecified atom stereocenters. The van der Waals surface area contributed by atoms with E-state index in [1.807, 2.05) is 37.3 Å². The Hall–Kier alpha value is -2.95. The number of nitrogens with one attached hydrogen (secondary N) is 1. The fraction of sp³-hybridized carbons (Fsp3) is 0.250. The maximum atomic E-state index is 11.9. The van der Waals surface area contributed by atoms with Gasteiger partial charge in [0.15, 0.2) is 12.4 Å². The van der Waals surface area contributed by atoms with Gasteiger partial charge in [-0.05, 0) is 42.7 Å². The molecular formula is C20H21NO4. The van der Waals surface area contributed by atoms with Gasteiger partial charge in [-0.2, -0.15) is 0 Å². The molecule has 5 heteroatoms. The standard InChI is InChI=1S/C20H21NO4/c1-14(16-6-4-3-5-7-16)12-20(24)25-13-19(23)21-18-10-8-17(9-11-18)15(2)22/h3-11,14H,12-13H2,1-2H3,(H,21,23)/t14-/m1/s1. The van der Waals surface area contributed by atoms with Crippen LogP contribution in [0.5, 0.6) is 0 Å². The number of rotatable bonds is 7. The van der Waals surface area contributed by atoms with Gasteiger partial charge >= 0.3 is 5.97 Å². The van der Waals surface area contributed by atoms with E-state index in [1.54, 1.807) is 24.3 Å². The summed E-state index contributed by atoms with van der Waals surface area (Å²) < 4.78 is 5.03. The van der Waals surface area contributed by atoms with Gasteiger partial charge in [0.05, 0.1) is 6.42 Å². The number of carbonyl (C=O) groups excluding carboxylic acids is 3. The third kappa shape index (κ3) is 5.88. The number of anilines is 1. The van der Waals surface area contributed by atoms with Gasteiger partial charge < -0.3 is 10.1 Å². The Labute approximate surface area is 147 Å². The second kappa shape index (κ2) is 8.78. The summed E-state index contributed by atoms with van der Waals surface area (Å²) in [5.74, 6) is -0.857. The highest BCUT2D eigenvalue weighted by Gasteiger charge is 2.13. The van der Waals surface area contributed by atoms with Crippen molar-refractivity contribution < 1.29 is 19.1 Å². The van der Waals surface area contributed by atoms with Crippen LogP contribution >= 0.6 is 0 Å². The van der Waals surface area contributed by atoms with E-state index in [1.165, 1.54) is 6.92 Å². The summed E-state index contributed by atoms with van der Waals surface area (Å²) >= 11 is 0. The molecule has 0 saturated heterocycles. The first-order chi connectivity index (χ1) is 12.0. The second-order valence-corrected chi connectivity index (χ2v) is 5.86. The first-order valence-corrected chi connectivity index (χ1v) is 8.07. The number of carbonyl (C=O) groups is 3. The van der Waals surface area contributed by atoms with Crippen molar-refractivity contribution in [1.29, 1.82) is 0 Å². The van der Waals surface area contributed by atoms with Crippen molar-refractivity contribution in [1.82, 2.24) is 0 Å². The van der Waals surface area contributed by atoms with Gasteiger partial charge in [-0.1, -0.05) is 37.3 Å². The summed E-state index contributed by atoms with van der Waals surface area (Å²) in [7, 11) is 0. The molecule has 0 saturated carbocycles. The normalized spacial score (nSPS) is 11.4. The van der Waals surface area contributed by atoms with Crippen molar-refractivity contribution >= 4 is 23.3 Å². The summed E-state index contributed by atoms with van der Waals surface area (Å²) in [4.78, 5) is 34.9. The van der Waals surface area contributed by atoms with Crippen LogP contribution in [0.3, 0.4) is 0 Å². The van der Waals surface area contributed by atoms with Gasteiger partial charge in [-0.15, -0.1) is 0 Å². The van der Waals surface area contributed by atoms with Crippen molar-refractivity contribution in [2.24, 2.45) is 0 Å². The van der Waals surface area contributed by atoms with Crippen molar-refractivity contribution in [3.8, 4) is 0 Å². The predicted octanol–water partition coefficient (Wildman–Crippen LogP) is 3.56. The highest BCUT2D eigenvalue weighted by molar-refractivity contribution is 5.96. The van der Waals surface area contributed by atoms with Gasteiger partial charge in [0.25, 0.3) is 5.91 Å². The fourth-order valence-corrected chi connectivity index (χ4v) is 2.34. The minimum atomic E-state index is -0.420. The van der Waals surface area contributed by atoms with Crippen LogP contribution in [0, 0.1) is 0 Å². The van der Waals surface area contributed by atoms with Gasteiger partial charge in [-0.3, -0.25) is 14.4 Å². The molecule has 5 nitrogen and oxygen atoms in total. The maximum Gasteiger partial charge on any atom is 0.306 e. The minimum absolute atomic E-state index is 0.0240. The Morgan fingerprint density at radius 1 is 1.00 bits per heavy atom. The van der Waals surface area contributed by atoms with Gasteiger partial charge in [0, 0.05) is 11.3 Å². The first kappa shape index (κ1) is 18.4. The third-order valence-corrected chi connectivity index (χ3v) is 3.78. The molecule has 0 fully saturated rings. The van der Waals surface area contributed by atoms with E-state index in [2.05, 4.69) is 5.32 Å². The Morgan fingerprint density at radius 2 is 1.64 bits per heavy atom. The highest BCUT2D eigenvalue weighted by atomic mass is 16.5. The van der Waals surface area contributed by atoms with E-state index < -0.39 is 11.9 Å². The van der Waals surface area contributed by atoms with Crippen LogP contribution in [0.1, 0.15) is 42.1 Å². The van der Waals surface area contributed by atoms with Crippen LogP contribution < -0.4 is 5.32 Å². The number of ketones is 1. The van der Waals surface area contributed by atoms with Crippen LogP contribution in [-0.4, -0.2) is 24.3 Å². The highest BCUT2D eigenvalue weighted by Crippen LogP contribution is 2.18. The Kier molecular flexibility index (Phi) is 6.46. The number of hydrogen-bond acceptors (Lipinski definition) is 4. The van der Waals surface area contributed by atoms with Crippen molar-refractivity contribution in [3.63, 3.8) is 0 Å². The topological polar surface area (TPSA) is 72.5 Å². The zero-order valence-corrected chi connectivity index (χ0v) is 14.3. The molecule has 0 aromatic heterocycles. The van der Waals surface area contributed by atoms with Crippen LogP contribution in [0.2, 0.25) is 0 Å². The molecule has 0 radical (unpaired) electrons. The molecule has 2 aromatic carbocycles. The van der Waals surface area contributed by atoms with E-state index in [0.717, 1.165) is 5.56 Å². The predicted molar refractivity (Wildman–Crippen MR) is 95.5 cm³/mol. The van der Waals surface area contributed by atoms with Crippen LogP contribution in [0.4, 0.5) is 5.69 Å². The largest absolute Gasteiger partial charge is 0.456 e. The van der Waals surface area contributed by atoms with E-state index >= 15 is 0 Å². The van der Waals surface area contributed by atoms with Crippen molar-refractivity contribution in [2.45, 2.75) is 26.2 Å². The summed E-state index contributed by atoms with van der Waals surface area (Å²) in [5, 5.41) is 2.62. The number of esters is 1. The summed E-state index contributed by atoms with van der Waals surface area (Å²) in [6, 6.07) is 16.2. The molecule has 2 rings (SSSR count). The SMILES string of the molecule is CC(=O)c1ccc(NC(=O)COC(=O)C[C@@H](C)c2ccccc2)cc1. The summed E-state index contributed by atoms with van der Waals surface area (Å²) in [6.45, 7) is 3.07. The third-order valence-electron chi connectivity index (χ3n) is 3.78. The molecule has 0 aliphatic rings. The minimum Gasteiger partial charge on any atom is -0.456 e. The average Bonchev–Trinajstić information content (AvgIpc) is 2.61. The van der Waals surface area contributed by atoms with Crippen molar-refractivity contribution in [3.05, 3.63) is 65.7 Å². The Balaban J connectivity index is 1.77. The molecule has 0 bridgehead atoms. The molecule has 1 N–H and O–H groups in total. The Bertz CT molecular complexity index is 738. The van der Waals surface area contributed by atoms with E-state index in [4.69, 9.17) is 4.74 Å². The molecule has 0 spiro atoms. The van der Waals surface area contributed by atoms with Gasteiger partial charge in [0.2, 0.25) is 0 Å². The molecule has 25 heavy (non-hydrogen) atoms. The van der Waals surface area contributed by atoms with E-state index in [9.17, 15) is 14.4 Å². The van der Waals surface area contributed by atoms with E-state index in [-0.39, 0.29) is 24.7 Å². The smallest absolute Gasteiger partial charge is 0.306 e.